The summed E-state index contributed by atoms with van der Waals surface area (Å²) >= 11 is 1.90. The molecular weight excluding hydrogens is 502 g/mol. The van der Waals surface area contributed by atoms with Crippen molar-refractivity contribution in [3.63, 3.8) is 0 Å². The first-order chi connectivity index (χ1) is 14.0. The van der Waals surface area contributed by atoms with E-state index in [1.165, 1.54) is 17.1 Å². The largest absolute Gasteiger partial charge is 0.347 e. The fourth-order valence-electron chi connectivity index (χ4n) is 2.93. The number of amides is 2. The minimum Gasteiger partial charge on any atom is -0.347 e. The fourth-order valence-corrected chi connectivity index (χ4v) is 3.51. The Balaban J connectivity index is 1.82. The Morgan fingerprint density at radius 2 is 1.97 bits per heavy atom. The molecule has 158 valence electrons. The number of benzene rings is 1. The third-order valence-corrected chi connectivity index (χ3v) is 5.05. The Morgan fingerprint density at radius 1 is 1.23 bits per heavy atom. The van der Waals surface area contributed by atoms with Crippen LogP contribution in [0, 0.1) is 14.8 Å². The number of carbonyl (C=O) groups is 2. The number of hydrogen-bond acceptors (Lipinski definition) is 5. The number of nitrogens with zero attached hydrogens (tertiary/aromatic N) is 4. The zero-order valence-corrected chi connectivity index (χ0v) is 19.2. The van der Waals surface area contributed by atoms with Crippen LogP contribution in [0.3, 0.4) is 0 Å². The van der Waals surface area contributed by atoms with Crippen molar-refractivity contribution in [2.75, 3.05) is 5.32 Å². The smallest absolute Gasteiger partial charge is 0.272 e. The normalized spacial score (nSPS) is 11.5. The van der Waals surface area contributed by atoms with E-state index in [4.69, 9.17) is 0 Å². The van der Waals surface area contributed by atoms with Gasteiger partial charge in [-0.3, -0.25) is 14.3 Å². The molecule has 0 unspecified atom stereocenters. The van der Waals surface area contributed by atoms with Gasteiger partial charge in [0.1, 0.15) is 23.2 Å². The zero-order chi connectivity index (χ0) is 22.1. The van der Waals surface area contributed by atoms with Crippen LogP contribution in [-0.4, -0.2) is 31.6 Å². The van der Waals surface area contributed by atoms with Crippen LogP contribution in [0.5, 0.6) is 0 Å². The Hall–Kier alpha value is -2.63. The molecule has 2 amide bonds. The van der Waals surface area contributed by atoms with Gasteiger partial charge in [0.05, 0.1) is 0 Å². The number of anilines is 1. The molecule has 2 aromatic heterocycles. The molecular formula is C20H22FIN6O2. The van der Waals surface area contributed by atoms with Gasteiger partial charge < -0.3 is 10.6 Å². The maximum atomic E-state index is 13.4. The number of carbonyl (C=O) groups excluding carboxylic acids is 2. The maximum Gasteiger partial charge on any atom is 0.272 e. The first-order valence-electron chi connectivity index (χ1n) is 9.25. The lowest BCUT2D eigenvalue weighted by atomic mass is 9.92. The molecule has 0 saturated carbocycles. The molecule has 10 heteroatoms. The van der Waals surface area contributed by atoms with Crippen molar-refractivity contribution >= 4 is 51.3 Å². The van der Waals surface area contributed by atoms with Gasteiger partial charge in [0.25, 0.3) is 5.91 Å². The summed E-state index contributed by atoms with van der Waals surface area (Å²) in [5.41, 5.74) is 1.53. The number of halogens is 2. The lowest BCUT2D eigenvalue weighted by molar-refractivity contribution is -0.117. The molecule has 0 aliphatic carbocycles. The quantitative estimate of drug-likeness (QED) is 0.499. The van der Waals surface area contributed by atoms with E-state index in [1.807, 2.05) is 43.4 Å². The van der Waals surface area contributed by atoms with Crippen molar-refractivity contribution in [2.24, 2.45) is 12.5 Å². The molecule has 30 heavy (non-hydrogen) atoms. The third kappa shape index (κ3) is 5.10. The monoisotopic (exact) mass is 524 g/mol. The van der Waals surface area contributed by atoms with Crippen LogP contribution >= 0.6 is 22.6 Å². The van der Waals surface area contributed by atoms with Crippen LogP contribution in [0.1, 0.15) is 43.2 Å². The highest BCUT2D eigenvalue weighted by Crippen LogP contribution is 2.24. The molecule has 0 radical (unpaired) electrons. The van der Waals surface area contributed by atoms with Gasteiger partial charge in [0.2, 0.25) is 5.91 Å². The van der Waals surface area contributed by atoms with E-state index in [0.717, 1.165) is 5.56 Å². The highest BCUT2D eigenvalue weighted by atomic mass is 127. The molecule has 8 nitrogen and oxygen atoms in total. The van der Waals surface area contributed by atoms with E-state index in [0.29, 0.717) is 21.0 Å². The molecule has 2 heterocycles. The van der Waals surface area contributed by atoms with E-state index in [-0.39, 0.29) is 35.2 Å². The molecule has 3 rings (SSSR count). The molecule has 3 aromatic rings. The van der Waals surface area contributed by atoms with Crippen molar-refractivity contribution < 1.29 is 14.0 Å². The second-order valence-electron chi connectivity index (χ2n) is 8.11. The molecule has 0 fully saturated rings. The Kier molecular flexibility index (Phi) is 6.34. The number of fused-ring (bicyclic) bond motifs is 1. The van der Waals surface area contributed by atoms with Crippen LogP contribution in [0.15, 0.2) is 24.5 Å². The SMILES string of the molecule is Cn1nc(NC(=O)CC(C)(C)C)c2ncnc(C(=O)NCc3ccc(F)c(I)c3)c21. The molecule has 0 saturated heterocycles. The third-order valence-electron chi connectivity index (χ3n) is 4.22. The van der Waals surface area contributed by atoms with Crippen molar-refractivity contribution in [3.05, 3.63) is 45.2 Å². The fraction of sp³-hybridized carbons (Fsp3) is 0.350. The number of hydrogen-bond donors (Lipinski definition) is 2. The van der Waals surface area contributed by atoms with Gasteiger partial charge in [-0.1, -0.05) is 26.8 Å². The summed E-state index contributed by atoms with van der Waals surface area (Å²) in [5.74, 6) is -0.624. The van der Waals surface area contributed by atoms with Crippen LogP contribution in [0.25, 0.3) is 11.0 Å². The summed E-state index contributed by atoms with van der Waals surface area (Å²) in [5, 5.41) is 9.85. The topological polar surface area (TPSA) is 102 Å². The van der Waals surface area contributed by atoms with Gasteiger partial charge >= 0.3 is 0 Å². The lowest BCUT2D eigenvalue weighted by Gasteiger charge is -2.16. The predicted molar refractivity (Wildman–Crippen MR) is 119 cm³/mol. The molecule has 1 aromatic carbocycles. The molecule has 0 aliphatic heterocycles. The van der Waals surface area contributed by atoms with Gasteiger partial charge in [0.15, 0.2) is 11.5 Å². The summed E-state index contributed by atoms with van der Waals surface area (Å²) in [6.07, 6.45) is 1.58. The average Bonchev–Trinajstić information content (AvgIpc) is 2.96. The average molecular weight is 524 g/mol. The van der Waals surface area contributed by atoms with Crippen LogP contribution in [0.2, 0.25) is 0 Å². The summed E-state index contributed by atoms with van der Waals surface area (Å²) in [6, 6.07) is 4.64. The molecule has 0 aliphatic rings. The Bertz CT molecular complexity index is 1120. The second-order valence-corrected chi connectivity index (χ2v) is 9.27. The van der Waals surface area contributed by atoms with E-state index in [9.17, 15) is 14.0 Å². The second kappa shape index (κ2) is 8.62. The number of aromatic nitrogens is 4. The van der Waals surface area contributed by atoms with Crippen molar-refractivity contribution in [2.45, 2.75) is 33.7 Å². The van der Waals surface area contributed by atoms with Gasteiger partial charge in [-0.15, -0.1) is 0 Å². The molecule has 0 bridgehead atoms. The van der Waals surface area contributed by atoms with Crippen LogP contribution in [0.4, 0.5) is 10.2 Å². The standard InChI is InChI=1S/C20H22FIN6O2/c1-20(2,3)8-14(29)26-18-15-17(28(4)27-18)16(25-10-24-15)19(30)23-9-11-5-6-12(21)13(22)7-11/h5-7,10H,8-9H2,1-4H3,(H,23,30)(H,26,27,29). The first kappa shape index (κ1) is 22.1. The van der Waals surface area contributed by atoms with Crippen molar-refractivity contribution in [1.82, 2.24) is 25.1 Å². The zero-order valence-electron chi connectivity index (χ0n) is 17.1. The Labute approximate surface area is 186 Å². The van der Waals surface area contributed by atoms with Gasteiger partial charge in [-0.25, -0.2) is 14.4 Å². The summed E-state index contributed by atoms with van der Waals surface area (Å²) in [4.78, 5) is 33.4. The first-order valence-corrected chi connectivity index (χ1v) is 10.3. The number of nitrogens with one attached hydrogen (secondary N) is 2. The lowest BCUT2D eigenvalue weighted by Crippen LogP contribution is -2.24. The minimum absolute atomic E-state index is 0.142. The summed E-state index contributed by atoms with van der Waals surface area (Å²) < 4.78 is 15.4. The van der Waals surface area contributed by atoms with E-state index >= 15 is 0 Å². The van der Waals surface area contributed by atoms with Crippen molar-refractivity contribution in [1.29, 1.82) is 0 Å². The van der Waals surface area contributed by atoms with Gasteiger partial charge in [0, 0.05) is 23.6 Å². The van der Waals surface area contributed by atoms with E-state index < -0.39 is 5.91 Å². The van der Waals surface area contributed by atoms with Crippen LogP contribution in [-0.2, 0) is 18.4 Å². The molecule has 2 N–H and O–H groups in total. The van der Waals surface area contributed by atoms with Gasteiger partial charge in [-0.2, -0.15) is 5.10 Å². The van der Waals surface area contributed by atoms with Crippen molar-refractivity contribution in [3.8, 4) is 0 Å². The minimum atomic E-state index is -0.419. The Morgan fingerprint density at radius 3 is 2.63 bits per heavy atom. The molecule has 0 atom stereocenters. The number of aryl methyl sites for hydroxylation is 1. The highest BCUT2D eigenvalue weighted by Gasteiger charge is 2.22. The molecule has 0 spiro atoms. The highest BCUT2D eigenvalue weighted by molar-refractivity contribution is 14.1. The van der Waals surface area contributed by atoms with Gasteiger partial charge in [-0.05, 0) is 45.7 Å². The number of rotatable bonds is 5. The summed E-state index contributed by atoms with van der Waals surface area (Å²) in [7, 11) is 1.66. The predicted octanol–water partition coefficient (Wildman–Crippen LogP) is 3.41. The van der Waals surface area contributed by atoms with E-state index in [1.54, 1.807) is 19.2 Å². The maximum absolute atomic E-state index is 13.4. The van der Waals surface area contributed by atoms with E-state index in [2.05, 4.69) is 25.7 Å². The summed E-state index contributed by atoms with van der Waals surface area (Å²) in [6.45, 7) is 6.12. The van der Waals surface area contributed by atoms with Crippen LogP contribution < -0.4 is 10.6 Å².